The van der Waals surface area contributed by atoms with Gasteiger partial charge in [-0.1, -0.05) is 13.8 Å². The number of nitrogens with zero attached hydrogens (tertiary/aromatic N) is 1. The molecule has 92 valence electrons. The standard InChI is InChI=1S/C12H23N3O/c1-8(2)11(5-13)6-14-7-12-15-9(3)10(4)16-12/h8,11,14H,5-7,13H2,1-4H3. The monoisotopic (exact) mass is 225 g/mol. The topological polar surface area (TPSA) is 64.1 Å². The van der Waals surface area contributed by atoms with E-state index >= 15 is 0 Å². The fraction of sp³-hybridized carbons (Fsp3) is 0.750. The average molecular weight is 225 g/mol. The maximum atomic E-state index is 5.70. The first kappa shape index (κ1) is 13.2. The van der Waals surface area contributed by atoms with Crippen molar-refractivity contribution in [2.75, 3.05) is 13.1 Å². The van der Waals surface area contributed by atoms with Crippen LogP contribution in [0.2, 0.25) is 0 Å². The average Bonchev–Trinajstić information content (AvgIpc) is 2.53. The Bertz CT molecular complexity index is 301. The molecule has 1 rings (SSSR count). The molecule has 0 saturated heterocycles. The van der Waals surface area contributed by atoms with E-state index in [9.17, 15) is 0 Å². The Labute approximate surface area is 97.6 Å². The highest BCUT2D eigenvalue weighted by molar-refractivity contribution is 5.05. The lowest BCUT2D eigenvalue weighted by Crippen LogP contribution is -2.31. The summed E-state index contributed by atoms with van der Waals surface area (Å²) in [6, 6.07) is 0. The predicted molar refractivity (Wildman–Crippen MR) is 65.1 cm³/mol. The van der Waals surface area contributed by atoms with Crippen LogP contribution in [0.25, 0.3) is 0 Å². The molecule has 0 amide bonds. The summed E-state index contributed by atoms with van der Waals surface area (Å²) in [5, 5.41) is 3.34. The van der Waals surface area contributed by atoms with E-state index in [1.807, 2.05) is 13.8 Å². The number of nitrogens with one attached hydrogen (secondary N) is 1. The lowest BCUT2D eigenvalue weighted by molar-refractivity contribution is 0.357. The fourth-order valence-corrected chi connectivity index (χ4v) is 1.57. The number of aromatic nitrogens is 1. The minimum absolute atomic E-state index is 0.511. The van der Waals surface area contributed by atoms with Crippen LogP contribution in [0.5, 0.6) is 0 Å². The van der Waals surface area contributed by atoms with Gasteiger partial charge in [-0.15, -0.1) is 0 Å². The highest BCUT2D eigenvalue weighted by atomic mass is 16.4. The predicted octanol–water partition coefficient (Wildman–Crippen LogP) is 1.61. The second kappa shape index (κ2) is 6.01. The minimum atomic E-state index is 0.511. The molecule has 4 nitrogen and oxygen atoms in total. The van der Waals surface area contributed by atoms with Crippen LogP contribution in [-0.2, 0) is 6.54 Å². The van der Waals surface area contributed by atoms with Crippen molar-refractivity contribution < 1.29 is 4.42 Å². The van der Waals surface area contributed by atoms with Crippen LogP contribution in [0.15, 0.2) is 4.42 Å². The molecule has 0 aliphatic carbocycles. The van der Waals surface area contributed by atoms with Gasteiger partial charge < -0.3 is 15.5 Å². The van der Waals surface area contributed by atoms with Crippen LogP contribution < -0.4 is 11.1 Å². The molecule has 1 atom stereocenters. The maximum absolute atomic E-state index is 5.70. The van der Waals surface area contributed by atoms with E-state index in [2.05, 4.69) is 24.1 Å². The van der Waals surface area contributed by atoms with Crippen LogP contribution in [-0.4, -0.2) is 18.1 Å². The summed E-state index contributed by atoms with van der Waals surface area (Å²) in [6.07, 6.45) is 0. The summed E-state index contributed by atoms with van der Waals surface area (Å²) in [7, 11) is 0. The number of nitrogens with two attached hydrogens (primary N) is 1. The number of hydrogen-bond acceptors (Lipinski definition) is 4. The van der Waals surface area contributed by atoms with Gasteiger partial charge in [0.25, 0.3) is 0 Å². The van der Waals surface area contributed by atoms with Gasteiger partial charge in [-0.3, -0.25) is 0 Å². The first-order valence-corrected chi connectivity index (χ1v) is 5.88. The van der Waals surface area contributed by atoms with E-state index in [0.717, 1.165) is 23.9 Å². The van der Waals surface area contributed by atoms with E-state index in [1.54, 1.807) is 0 Å². The van der Waals surface area contributed by atoms with Gasteiger partial charge in [0.15, 0.2) is 0 Å². The summed E-state index contributed by atoms with van der Waals surface area (Å²) < 4.78 is 5.49. The van der Waals surface area contributed by atoms with Crippen molar-refractivity contribution in [2.24, 2.45) is 17.6 Å². The Morgan fingerprint density at radius 2 is 2.06 bits per heavy atom. The molecule has 0 bridgehead atoms. The van der Waals surface area contributed by atoms with Crippen LogP contribution in [0, 0.1) is 25.7 Å². The van der Waals surface area contributed by atoms with Crippen molar-refractivity contribution in [1.82, 2.24) is 10.3 Å². The van der Waals surface area contributed by atoms with Gasteiger partial charge in [0, 0.05) is 0 Å². The zero-order chi connectivity index (χ0) is 12.1. The van der Waals surface area contributed by atoms with Gasteiger partial charge >= 0.3 is 0 Å². The summed E-state index contributed by atoms with van der Waals surface area (Å²) in [5.74, 6) is 2.77. The van der Waals surface area contributed by atoms with E-state index < -0.39 is 0 Å². The number of aryl methyl sites for hydroxylation is 2. The summed E-state index contributed by atoms with van der Waals surface area (Å²) in [5.41, 5.74) is 6.67. The third-order valence-electron chi connectivity index (χ3n) is 3.00. The molecule has 0 saturated carbocycles. The second-order valence-electron chi connectivity index (χ2n) is 4.62. The molecule has 1 aromatic heterocycles. The molecular weight excluding hydrogens is 202 g/mol. The smallest absolute Gasteiger partial charge is 0.208 e. The van der Waals surface area contributed by atoms with Crippen LogP contribution in [0.3, 0.4) is 0 Å². The van der Waals surface area contributed by atoms with E-state index in [1.165, 1.54) is 0 Å². The molecule has 0 aliphatic heterocycles. The summed E-state index contributed by atoms with van der Waals surface area (Å²) in [6.45, 7) is 10.6. The Hall–Kier alpha value is -0.870. The molecule has 3 N–H and O–H groups in total. The Kier molecular flexibility index (Phi) is 4.96. The highest BCUT2D eigenvalue weighted by Crippen LogP contribution is 2.10. The quantitative estimate of drug-likeness (QED) is 0.772. The van der Waals surface area contributed by atoms with Crippen LogP contribution >= 0.6 is 0 Å². The van der Waals surface area contributed by atoms with Gasteiger partial charge in [0.1, 0.15) is 5.76 Å². The van der Waals surface area contributed by atoms with Gasteiger partial charge in [0.05, 0.1) is 12.2 Å². The third kappa shape index (κ3) is 3.61. The molecule has 0 radical (unpaired) electrons. The molecule has 0 fully saturated rings. The molecule has 0 aromatic carbocycles. The number of oxazole rings is 1. The minimum Gasteiger partial charge on any atom is -0.444 e. The van der Waals surface area contributed by atoms with Gasteiger partial charge in [-0.05, 0) is 38.8 Å². The molecule has 16 heavy (non-hydrogen) atoms. The number of hydrogen-bond donors (Lipinski definition) is 2. The summed E-state index contributed by atoms with van der Waals surface area (Å²) >= 11 is 0. The van der Waals surface area contributed by atoms with Crippen LogP contribution in [0.1, 0.15) is 31.2 Å². The van der Waals surface area contributed by atoms with E-state index in [0.29, 0.717) is 24.9 Å². The molecular formula is C12H23N3O. The van der Waals surface area contributed by atoms with Crippen molar-refractivity contribution in [2.45, 2.75) is 34.2 Å². The number of rotatable bonds is 6. The van der Waals surface area contributed by atoms with Gasteiger partial charge in [-0.25, -0.2) is 4.98 Å². The first-order valence-electron chi connectivity index (χ1n) is 5.88. The molecule has 1 aromatic rings. The molecule has 0 spiro atoms. The maximum Gasteiger partial charge on any atom is 0.208 e. The lowest BCUT2D eigenvalue weighted by Gasteiger charge is -2.18. The Morgan fingerprint density at radius 1 is 1.38 bits per heavy atom. The lowest BCUT2D eigenvalue weighted by atomic mass is 9.96. The van der Waals surface area contributed by atoms with Crippen molar-refractivity contribution in [1.29, 1.82) is 0 Å². The van der Waals surface area contributed by atoms with Gasteiger partial charge in [-0.2, -0.15) is 0 Å². The van der Waals surface area contributed by atoms with Gasteiger partial charge in [0.2, 0.25) is 5.89 Å². The second-order valence-corrected chi connectivity index (χ2v) is 4.62. The molecule has 4 heteroatoms. The normalized spacial score (nSPS) is 13.4. The Morgan fingerprint density at radius 3 is 2.50 bits per heavy atom. The van der Waals surface area contributed by atoms with Crippen molar-refractivity contribution in [3.8, 4) is 0 Å². The zero-order valence-electron chi connectivity index (χ0n) is 10.7. The SMILES string of the molecule is Cc1nc(CNCC(CN)C(C)C)oc1C. The first-order chi connectivity index (χ1) is 7.54. The third-order valence-corrected chi connectivity index (χ3v) is 3.00. The molecule has 0 aliphatic rings. The van der Waals surface area contributed by atoms with Crippen molar-refractivity contribution >= 4 is 0 Å². The van der Waals surface area contributed by atoms with Crippen molar-refractivity contribution in [3.63, 3.8) is 0 Å². The molecule has 1 heterocycles. The highest BCUT2D eigenvalue weighted by Gasteiger charge is 2.11. The fourth-order valence-electron chi connectivity index (χ4n) is 1.57. The van der Waals surface area contributed by atoms with Crippen molar-refractivity contribution in [3.05, 3.63) is 17.3 Å². The van der Waals surface area contributed by atoms with Crippen LogP contribution in [0.4, 0.5) is 0 Å². The zero-order valence-corrected chi connectivity index (χ0v) is 10.7. The van der Waals surface area contributed by atoms with E-state index in [4.69, 9.17) is 10.2 Å². The Balaban J connectivity index is 2.35. The van der Waals surface area contributed by atoms with E-state index in [-0.39, 0.29) is 0 Å². The summed E-state index contributed by atoms with van der Waals surface area (Å²) in [4.78, 5) is 4.32. The molecule has 1 unspecified atom stereocenters. The largest absolute Gasteiger partial charge is 0.444 e.